The van der Waals surface area contributed by atoms with Crippen molar-refractivity contribution in [1.29, 1.82) is 0 Å². The van der Waals surface area contributed by atoms with Crippen LogP contribution in [0.25, 0.3) is 11.0 Å². The number of benzene rings is 2. The Morgan fingerprint density at radius 2 is 1.67 bits per heavy atom. The summed E-state index contributed by atoms with van der Waals surface area (Å²) in [5.74, 6) is 0.669. The molecule has 2 aromatic carbocycles. The minimum atomic E-state index is -0.691. The molecule has 0 aliphatic heterocycles. The topological polar surface area (TPSA) is 38.0 Å². The molecule has 3 rings (SSSR count). The molecule has 0 aliphatic carbocycles. The largest absolute Gasteiger partial charge is 0.380 e. The van der Waals surface area contributed by atoms with Gasteiger partial charge < -0.3 is 9.67 Å². The molecule has 0 spiro atoms. The van der Waals surface area contributed by atoms with E-state index in [1.54, 1.807) is 0 Å². The van der Waals surface area contributed by atoms with Crippen LogP contribution in [0.3, 0.4) is 0 Å². The maximum atomic E-state index is 10.4. The SMILES string of the molecule is Cn1c([C@H](O)c2ccccc2)nc2ccccc21. The van der Waals surface area contributed by atoms with Crippen LogP contribution in [0.2, 0.25) is 0 Å². The van der Waals surface area contributed by atoms with E-state index in [0.717, 1.165) is 16.6 Å². The zero-order chi connectivity index (χ0) is 12.5. The minimum absolute atomic E-state index is 0.669. The smallest absolute Gasteiger partial charge is 0.143 e. The monoisotopic (exact) mass is 238 g/mol. The molecule has 3 aromatic rings. The number of nitrogens with zero attached hydrogens (tertiary/aromatic N) is 2. The van der Waals surface area contributed by atoms with Gasteiger partial charge in [-0.1, -0.05) is 42.5 Å². The van der Waals surface area contributed by atoms with Gasteiger partial charge in [-0.05, 0) is 17.7 Å². The molecule has 0 saturated carbocycles. The van der Waals surface area contributed by atoms with Crippen LogP contribution in [-0.4, -0.2) is 14.7 Å². The average Bonchev–Trinajstić information content (AvgIpc) is 2.77. The molecule has 0 fully saturated rings. The van der Waals surface area contributed by atoms with Crippen molar-refractivity contribution in [2.24, 2.45) is 7.05 Å². The van der Waals surface area contributed by atoms with Crippen LogP contribution < -0.4 is 0 Å². The third kappa shape index (κ3) is 1.69. The maximum Gasteiger partial charge on any atom is 0.143 e. The van der Waals surface area contributed by atoms with Crippen LogP contribution in [0.4, 0.5) is 0 Å². The van der Waals surface area contributed by atoms with Crippen molar-refractivity contribution in [2.75, 3.05) is 0 Å². The molecule has 0 bridgehead atoms. The molecule has 0 unspecified atom stereocenters. The number of aliphatic hydroxyl groups is 1. The Morgan fingerprint density at radius 1 is 1.00 bits per heavy atom. The van der Waals surface area contributed by atoms with Gasteiger partial charge in [0.15, 0.2) is 0 Å². The molecule has 1 atom stereocenters. The number of imidazole rings is 1. The quantitative estimate of drug-likeness (QED) is 0.745. The van der Waals surface area contributed by atoms with Crippen LogP contribution in [0.1, 0.15) is 17.5 Å². The van der Waals surface area contributed by atoms with Crippen LogP contribution in [0.15, 0.2) is 54.6 Å². The predicted molar refractivity (Wildman–Crippen MR) is 71.2 cm³/mol. The lowest BCUT2D eigenvalue weighted by atomic mass is 10.1. The summed E-state index contributed by atoms with van der Waals surface area (Å²) in [5.41, 5.74) is 2.79. The van der Waals surface area contributed by atoms with Gasteiger partial charge in [-0.3, -0.25) is 0 Å². The second kappa shape index (κ2) is 4.27. The molecule has 3 heteroatoms. The summed E-state index contributed by atoms with van der Waals surface area (Å²) in [6.45, 7) is 0. The molecular formula is C15H14N2O. The van der Waals surface area contributed by atoms with Crippen LogP contribution in [-0.2, 0) is 7.05 Å². The first-order valence-electron chi connectivity index (χ1n) is 5.92. The molecule has 0 saturated heterocycles. The number of fused-ring (bicyclic) bond motifs is 1. The van der Waals surface area contributed by atoms with Gasteiger partial charge in [0.25, 0.3) is 0 Å². The second-order valence-electron chi connectivity index (χ2n) is 4.33. The number of para-hydroxylation sites is 2. The molecular weight excluding hydrogens is 224 g/mol. The summed E-state index contributed by atoms with van der Waals surface area (Å²) < 4.78 is 1.94. The van der Waals surface area contributed by atoms with E-state index in [2.05, 4.69) is 4.98 Å². The normalized spacial score (nSPS) is 12.8. The highest BCUT2D eigenvalue weighted by Crippen LogP contribution is 2.24. The molecule has 18 heavy (non-hydrogen) atoms. The lowest BCUT2D eigenvalue weighted by molar-refractivity contribution is 0.207. The number of rotatable bonds is 2. The standard InChI is InChI=1S/C15H14N2O/c1-17-13-10-6-5-9-12(13)16-15(17)14(18)11-7-3-2-4-8-11/h2-10,14,18H,1H3/t14-/m1/s1. The third-order valence-electron chi connectivity index (χ3n) is 3.18. The average molecular weight is 238 g/mol. The van der Waals surface area contributed by atoms with Crippen LogP contribution in [0, 0.1) is 0 Å². The predicted octanol–water partition coefficient (Wildman–Crippen LogP) is 2.66. The molecule has 90 valence electrons. The number of aromatic nitrogens is 2. The molecule has 0 amide bonds. The van der Waals surface area contributed by atoms with Gasteiger partial charge in [-0.15, -0.1) is 0 Å². The summed E-state index contributed by atoms with van der Waals surface area (Å²) in [6, 6.07) is 17.5. The summed E-state index contributed by atoms with van der Waals surface area (Å²) in [7, 11) is 1.93. The maximum absolute atomic E-state index is 10.4. The van der Waals surface area contributed by atoms with Gasteiger partial charge in [0.2, 0.25) is 0 Å². The van der Waals surface area contributed by atoms with E-state index < -0.39 is 6.10 Å². The Hall–Kier alpha value is -2.13. The van der Waals surface area contributed by atoms with Gasteiger partial charge in [-0.2, -0.15) is 0 Å². The molecule has 3 nitrogen and oxygen atoms in total. The van der Waals surface area contributed by atoms with Crippen molar-refractivity contribution >= 4 is 11.0 Å². The number of aliphatic hydroxyl groups excluding tert-OH is 1. The fourth-order valence-corrected chi connectivity index (χ4v) is 2.19. The van der Waals surface area contributed by atoms with E-state index in [1.165, 1.54) is 0 Å². The molecule has 1 heterocycles. The van der Waals surface area contributed by atoms with E-state index in [9.17, 15) is 5.11 Å². The van der Waals surface area contributed by atoms with Gasteiger partial charge in [0, 0.05) is 7.05 Å². The Morgan fingerprint density at radius 3 is 2.39 bits per heavy atom. The van der Waals surface area contributed by atoms with E-state index in [4.69, 9.17) is 0 Å². The number of hydrogen-bond acceptors (Lipinski definition) is 2. The summed E-state index contributed by atoms with van der Waals surface area (Å²) in [6.07, 6.45) is -0.691. The van der Waals surface area contributed by atoms with Gasteiger partial charge in [0.1, 0.15) is 11.9 Å². The lowest BCUT2D eigenvalue weighted by Gasteiger charge is -2.10. The van der Waals surface area contributed by atoms with Crippen molar-refractivity contribution in [3.63, 3.8) is 0 Å². The molecule has 1 N–H and O–H groups in total. The Balaban J connectivity index is 2.12. The Labute approximate surface area is 105 Å². The zero-order valence-electron chi connectivity index (χ0n) is 10.1. The molecule has 0 aliphatic rings. The van der Waals surface area contributed by atoms with Crippen LogP contribution >= 0.6 is 0 Å². The first-order chi connectivity index (χ1) is 8.77. The summed E-state index contributed by atoms with van der Waals surface area (Å²) >= 11 is 0. The van der Waals surface area contributed by atoms with Gasteiger partial charge >= 0.3 is 0 Å². The van der Waals surface area contributed by atoms with E-state index in [-0.39, 0.29) is 0 Å². The first-order valence-corrected chi connectivity index (χ1v) is 5.92. The van der Waals surface area contributed by atoms with Gasteiger partial charge in [0.05, 0.1) is 11.0 Å². The van der Waals surface area contributed by atoms with Crippen molar-refractivity contribution in [3.8, 4) is 0 Å². The minimum Gasteiger partial charge on any atom is -0.380 e. The van der Waals surface area contributed by atoms with Crippen molar-refractivity contribution in [2.45, 2.75) is 6.10 Å². The number of aryl methyl sites for hydroxylation is 1. The van der Waals surface area contributed by atoms with E-state index >= 15 is 0 Å². The highest BCUT2D eigenvalue weighted by atomic mass is 16.3. The Kier molecular flexibility index (Phi) is 2.61. The number of hydrogen-bond donors (Lipinski definition) is 1. The Bertz CT molecular complexity index is 673. The lowest BCUT2D eigenvalue weighted by Crippen LogP contribution is -2.06. The van der Waals surface area contributed by atoms with E-state index in [0.29, 0.717) is 5.82 Å². The summed E-state index contributed by atoms with van der Waals surface area (Å²) in [4.78, 5) is 4.50. The second-order valence-corrected chi connectivity index (χ2v) is 4.33. The zero-order valence-corrected chi connectivity index (χ0v) is 10.1. The highest BCUT2D eigenvalue weighted by Gasteiger charge is 2.17. The van der Waals surface area contributed by atoms with Crippen molar-refractivity contribution in [1.82, 2.24) is 9.55 Å². The van der Waals surface area contributed by atoms with Crippen molar-refractivity contribution in [3.05, 3.63) is 66.0 Å². The fraction of sp³-hybridized carbons (Fsp3) is 0.133. The first kappa shape index (κ1) is 11.0. The van der Waals surface area contributed by atoms with Crippen LogP contribution in [0.5, 0.6) is 0 Å². The molecule has 0 radical (unpaired) electrons. The highest BCUT2D eigenvalue weighted by molar-refractivity contribution is 5.75. The van der Waals surface area contributed by atoms with E-state index in [1.807, 2.05) is 66.2 Å². The molecule has 1 aromatic heterocycles. The third-order valence-corrected chi connectivity index (χ3v) is 3.18. The van der Waals surface area contributed by atoms with Gasteiger partial charge in [-0.25, -0.2) is 4.98 Å². The van der Waals surface area contributed by atoms with Crippen molar-refractivity contribution < 1.29 is 5.11 Å². The fourth-order valence-electron chi connectivity index (χ4n) is 2.19. The summed E-state index contributed by atoms with van der Waals surface area (Å²) in [5, 5.41) is 10.4.